The summed E-state index contributed by atoms with van der Waals surface area (Å²) in [5.41, 5.74) is 1.19. The average molecular weight is 309 g/mol. The quantitative estimate of drug-likeness (QED) is 0.889. The van der Waals surface area contributed by atoms with Crippen LogP contribution in [0, 0.1) is 0 Å². The summed E-state index contributed by atoms with van der Waals surface area (Å²) in [5.74, 6) is -1.12. The number of anilines is 1. The van der Waals surface area contributed by atoms with Crippen LogP contribution in [0.3, 0.4) is 0 Å². The fourth-order valence-corrected chi connectivity index (χ4v) is 1.91. The monoisotopic (exact) mass is 308 g/mol. The number of halogens is 1. The van der Waals surface area contributed by atoms with Crippen molar-refractivity contribution in [2.24, 2.45) is 0 Å². The molecule has 0 fully saturated rings. The summed E-state index contributed by atoms with van der Waals surface area (Å²) < 4.78 is 4.90. The normalized spacial score (nSPS) is 10.1. The van der Waals surface area contributed by atoms with E-state index in [0.29, 0.717) is 10.7 Å². The molecule has 2 amide bonds. The first-order valence-corrected chi connectivity index (χ1v) is 6.48. The first-order valence-electron chi connectivity index (χ1n) is 6.10. The van der Waals surface area contributed by atoms with Crippen molar-refractivity contribution in [1.29, 1.82) is 0 Å². The Morgan fingerprint density at radius 2 is 2.14 bits per heavy atom. The number of rotatable bonds is 5. The maximum absolute atomic E-state index is 12.2. The summed E-state index contributed by atoms with van der Waals surface area (Å²) >= 11 is 5.87. The van der Waals surface area contributed by atoms with Gasteiger partial charge in [0.15, 0.2) is 0 Å². The standard InChI is InChI=1S/C14H13ClN2O4/c15-11-2-1-3-12(6-11)17(8-13(18)19)14(20)16-7-10-4-5-21-9-10/h1-6,9H,7-8H2,(H,16,20)(H,18,19). The number of aliphatic carboxylic acids is 1. The number of carboxylic acids is 1. The smallest absolute Gasteiger partial charge is 0.323 e. The van der Waals surface area contributed by atoms with Crippen LogP contribution in [-0.2, 0) is 11.3 Å². The molecule has 0 aliphatic rings. The summed E-state index contributed by atoms with van der Waals surface area (Å²) in [6.45, 7) is -0.219. The van der Waals surface area contributed by atoms with Crippen LogP contribution in [0.15, 0.2) is 47.3 Å². The number of furan rings is 1. The molecule has 0 bridgehead atoms. The van der Waals surface area contributed by atoms with Crippen molar-refractivity contribution >= 4 is 29.3 Å². The molecule has 6 nitrogen and oxygen atoms in total. The summed E-state index contributed by atoms with van der Waals surface area (Å²) in [6.07, 6.45) is 2.99. The highest BCUT2D eigenvalue weighted by Crippen LogP contribution is 2.19. The highest BCUT2D eigenvalue weighted by molar-refractivity contribution is 6.30. The molecule has 7 heteroatoms. The molecule has 0 aliphatic heterocycles. The summed E-state index contributed by atoms with van der Waals surface area (Å²) in [5, 5.41) is 12.0. The molecule has 2 rings (SSSR count). The first-order chi connectivity index (χ1) is 10.1. The number of amides is 2. The largest absolute Gasteiger partial charge is 0.480 e. The molecule has 1 heterocycles. The molecule has 21 heavy (non-hydrogen) atoms. The molecular weight excluding hydrogens is 296 g/mol. The van der Waals surface area contributed by atoms with Gasteiger partial charge in [-0.1, -0.05) is 17.7 Å². The molecular formula is C14H13ClN2O4. The molecule has 1 aromatic carbocycles. The van der Waals surface area contributed by atoms with Crippen molar-refractivity contribution in [1.82, 2.24) is 5.32 Å². The van der Waals surface area contributed by atoms with Gasteiger partial charge in [-0.05, 0) is 24.3 Å². The van der Waals surface area contributed by atoms with Crippen molar-refractivity contribution in [3.63, 3.8) is 0 Å². The minimum Gasteiger partial charge on any atom is -0.480 e. The van der Waals surface area contributed by atoms with Crippen molar-refractivity contribution in [3.8, 4) is 0 Å². The number of carboxylic acid groups (broad SMARTS) is 1. The Balaban J connectivity index is 2.11. The zero-order chi connectivity index (χ0) is 15.2. The molecule has 110 valence electrons. The molecule has 0 unspecified atom stereocenters. The zero-order valence-corrected chi connectivity index (χ0v) is 11.7. The number of nitrogens with zero attached hydrogens (tertiary/aromatic N) is 1. The molecule has 0 spiro atoms. The summed E-state index contributed by atoms with van der Waals surface area (Å²) in [7, 11) is 0. The Morgan fingerprint density at radius 3 is 2.76 bits per heavy atom. The lowest BCUT2D eigenvalue weighted by atomic mass is 10.3. The van der Waals surface area contributed by atoms with Gasteiger partial charge in [-0.3, -0.25) is 9.69 Å². The lowest BCUT2D eigenvalue weighted by molar-refractivity contribution is -0.135. The van der Waals surface area contributed by atoms with Crippen LogP contribution in [-0.4, -0.2) is 23.7 Å². The van der Waals surface area contributed by atoms with Gasteiger partial charge in [0.25, 0.3) is 0 Å². The predicted molar refractivity (Wildman–Crippen MR) is 77.4 cm³/mol. The Bertz CT molecular complexity index is 628. The van der Waals surface area contributed by atoms with E-state index in [0.717, 1.165) is 10.5 Å². The van der Waals surface area contributed by atoms with E-state index in [1.54, 1.807) is 24.3 Å². The molecule has 1 aromatic heterocycles. The predicted octanol–water partition coefficient (Wildman–Crippen LogP) is 2.73. The second-order valence-corrected chi connectivity index (χ2v) is 4.69. The third-order valence-electron chi connectivity index (χ3n) is 2.68. The van der Waals surface area contributed by atoms with Gasteiger partial charge in [-0.25, -0.2) is 4.79 Å². The fraction of sp³-hybridized carbons (Fsp3) is 0.143. The maximum Gasteiger partial charge on any atom is 0.323 e. The van der Waals surface area contributed by atoms with E-state index < -0.39 is 18.5 Å². The van der Waals surface area contributed by atoms with E-state index in [1.165, 1.54) is 18.6 Å². The lowest BCUT2D eigenvalue weighted by Crippen LogP contribution is -2.42. The van der Waals surface area contributed by atoms with Gasteiger partial charge < -0.3 is 14.8 Å². The minimum atomic E-state index is -1.12. The van der Waals surface area contributed by atoms with Gasteiger partial charge in [0.05, 0.1) is 12.5 Å². The number of hydrogen-bond acceptors (Lipinski definition) is 3. The minimum absolute atomic E-state index is 0.242. The van der Waals surface area contributed by atoms with Gasteiger partial charge in [0, 0.05) is 22.8 Å². The van der Waals surface area contributed by atoms with E-state index in [1.807, 2.05) is 0 Å². The van der Waals surface area contributed by atoms with Crippen molar-refractivity contribution in [3.05, 3.63) is 53.4 Å². The molecule has 0 radical (unpaired) electrons. The van der Waals surface area contributed by atoms with Crippen LogP contribution in [0.2, 0.25) is 5.02 Å². The Morgan fingerprint density at radius 1 is 1.33 bits per heavy atom. The van der Waals surface area contributed by atoms with Crippen LogP contribution in [0.25, 0.3) is 0 Å². The third-order valence-corrected chi connectivity index (χ3v) is 2.92. The van der Waals surface area contributed by atoms with Crippen molar-refractivity contribution in [2.75, 3.05) is 11.4 Å². The number of carbonyl (C=O) groups excluding carboxylic acids is 1. The van der Waals surface area contributed by atoms with Crippen LogP contribution < -0.4 is 10.2 Å². The van der Waals surface area contributed by atoms with E-state index in [-0.39, 0.29) is 6.54 Å². The van der Waals surface area contributed by atoms with E-state index in [4.69, 9.17) is 21.1 Å². The Hall–Kier alpha value is -2.47. The molecule has 0 saturated heterocycles. The van der Waals surface area contributed by atoms with E-state index >= 15 is 0 Å². The van der Waals surface area contributed by atoms with Gasteiger partial charge in [0.1, 0.15) is 6.54 Å². The van der Waals surface area contributed by atoms with Gasteiger partial charge in [0.2, 0.25) is 0 Å². The van der Waals surface area contributed by atoms with Crippen LogP contribution in [0.4, 0.5) is 10.5 Å². The van der Waals surface area contributed by atoms with E-state index in [2.05, 4.69) is 5.32 Å². The number of urea groups is 1. The third kappa shape index (κ3) is 4.25. The second kappa shape index (κ2) is 6.81. The number of carbonyl (C=O) groups is 2. The number of benzene rings is 1. The molecule has 0 aliphatic carbocycles. The second-order valence-electron chi connectivity index (χ2n) is 4.25. The van der Waals surface area contributed by atoms with Crippen LogP contribution in [0.1, 0.15) is 5.56 Å². The highest BCUT2D eigenvalue weighted by Gasteiger charge is 2.18. The average Bonchev–Trinajstić information content (AvgIpc) is 2.95. The Kier molecular flexibility index (Phi) is 4.84. The van der Waals surface area contributed by atoms with Gasteiger partial charge in [-0.15, -0.1) is 0 Å². The SMILES string of the molecule is O=C(O)CN(C(=O)NCc1ccoc1)c1cccc(Cl)c1. The number of nitrogens with one attached hydrogen (secondary N) is 1. The van der Waals surface area contributed by atoms with Crippen molar-refractivity contribution in [2.45, 2.75) is 6.54 Å². The Labute approximate surface area is 125 Å². The maximum atomic E-state index is 12.2. The molecule has 2 N–H and O–H groups in total. The first kappa shape index (κ1) is 14.9. The fourth-order valence-electron chi connectivity index (χ4n) is 1.73. The summed E-state index contributed by atoms with van der Waals surface area (Å²) in [4.78, 5) is 24.2. The summed E-state index contributed by atoms with van der Waals surface area (Å²) in [6, 6.07) is 7.62. The topological polar surface area (TPSA) is 82.8 Å². The van der Waals surface area contributed by atoms with Gasteiger partial charge >= 0.3 is 12.0 Å². The molecule has 2 aromatic rings. The molecule has 0 atom stereocenters. The van der Waals surface area contributed by atoms with Crippen LogP contribution in [0.5, 0.6) is 0 Å². The zero-order valence-electron chi connectivity index (χ0n) is 11.0. The van der Waals surface area contributed by atoms with E-state index in [9.17, 15) is 9.59 Å². The highest BCUT2D eigenvalue weighted by atomic mass is 35.5. The number of hydrogen-bond donors (Lipinski definition) is 2. The lowest BCUT2D eigenvalue weighted by Gasteiger charge is -2.21. The van der Waals surface area contributed by atoms with Gasteiger partial charge in [-0.2, -0.15) is 0 Å². The van der Waals surface area contributed by atoms with Crippen LogP contribution >= 0.6 is 11.6 Å². The van der Waals surface area contributed by atoms with Crippen molar-refractivity contribution < 1.29 is 19.1 Å². The molecule has 0 saturated carbocycles.